The Morgan fingerprint density at radius 3 is 2.56 bits per heavy atom. The molecule has 1 aromatic carbocycles. The van der Waals surface area contributed by atoms with Crippen LogP contribution >= 0.6 is 0 Å². The molecule has 0 radical (unpaired) electrons. The molecule has 0 amide bonds. The molecule has 0 aromatic heterocycles. The number of nitrogens with two attached hydrogens (primary N) is 1. The Kier molecular flexibility index (Phi) is 4.00. The lowest BCUT2D eigenvalue weighted by Crippen LogP contribution is -2.28. The summed E-state index contributed by atoms with van der Waals surface area (Å²) in [5.41, 5.74) is 6.51. The molecule has 3 nitrogen and oxygen atoms in total. The topological polar surface area (TPSA) is 44.5 Å². The highest BCUT2D eigenvalue weighted by atomic mass is 16.5. The number of benzene rings is 1. The lowest BCUT2D eigenvalue weighted by molar-refractivity contribution is 0.0978. The van der Waals surface area contributed by atoms with Crippen molar-refractivity contribution >= 4 is 5.69 Å². The van der Waals surface area contributed by atoms with Gasteiger partial charge >= 0.3 is 0 Å². The van der Waals surface area contributed by atoms with Crippen molar-refractivity contribution in [2.75, 3.05) is 12.8 Å². The van der Waals surface area contributed by atoms with Crippen LogP contribution in [0.2, 0.25) is 0 Å². The largest absolute Gasteiger partial charge is 0.493 e. The summed E-state index contributed by atoms with van der Waals surface area (Å²) >= 11 is 0. The second kappa shape index (κ2) is 5.51. The molecular weight excluding hydrogens is 226 g/mol. The zero-order chi connectivity index (χ0) is 13.1. The summed E-state index contributed by atoms with van der Waals surface area (Å²) in [4.78, 5) is 0. The van der Waals surface area contributed by atoms with Crippen molar-refractivity contribution in [2.45, 2.75) is 39.2 Å². The molecule has 1 fully saturated rings. The normalized spacial score (nSPS) is 27.8. The Bertz CT molecular complexity index is 405. The maximum Gasteiger partial charge on any atom is 0.163 e. The van der Waals surface area contributed by atoms with E-state index in [1.807, 2.05) is 18.2 Å². The first-order valence-corrected chi connectivity index (χ1v) is 6.70. The highest BCUT2D eigenvalue weighted by Gasteiger charge is 2.26. The minimum atomic E-state index is 0.284. The number of anilines is 1. The summed E-state index contributed by atoms with van der Waals surface area (Å²) in [7, 11) is 1.66. The Morgan fingerprint density at radius 1 is 1.11 bits per heavy atom. The lowest BCUT2D eigenvalue weighted by Gasteiger charge is -2.32. The van der Waals surface area contributed by atoms with E-state index >= 15 is 0 Å². The predicted octanol–water partition coefficient (Wildman–Crippen LogP) is 3.48. The Balaban J connectivity index is 2.07. The van der Waals surface area contributed by atoms with Gasteiger partial charge in [0.25, 0.3) is 0 Å². The summed E-state index contributed by atoms with van der Waals surface area (Å²) in [5, 5.41) is 0. The average molecular weight is 249 g/mol. The second-order valence-electron chi connectivity index (χ2n) is 5.42. The van der Waals surface area contributed by atoms with E-state index in [0.717, 1.165) is 36.2 Å². The molecule has 0 aliphatic heterocycles. The third kappa shape index (κ3) is 2.89. The van der Waals surface area contributed by atoms with Crippen LogP contribution in [0.25, 0.3) is 0 Å². The Morgan fingerprint density at radius 2 is 1.89 bits per heavy atom. The number of rotatable bonds is 3. The molecule has 0 heterocycles. The first-order valence-electron chi connectivity index (χ1n) is 6.70. The zero-order valence-corrected chi connectivity index (χ0v) is 11.5. The van der Waals surface area contributed by atoms with Gasteiger partial charge in [0, 0.05) is 11.8 Å². The predicted molar refractivity (Wildman–Crippen MR) is 74.0 cm³/mol. The minimum absolute atomic E-state index is 0.284. The van der Waals surface area contributed by atoms with Crippen molar-refractivity contribution in [3.8, 4) is 11.5 Å². The molecule has 3 unspecified atom stereocenters. The van der Waals surface area contributed by atoms with Crippen LogP contribution in [0, 0.1) is 11.8 Å². The summed E-state index contributed by atoms with van der Waals surface area (Å²) in [6, 6.07) is 5.54. The number of nitrogen functional groups attached to an aromatic ring is 1. The van der Waals surface area contributed by atoms with E-state index in [4.69, 9.17) is 15.2 Å². The van der Waals surface area contributed by atoms with Gasteiger partial charge in [0.15, 0.2) is 11.5 Å². The van der Waals surface area contributed by atoms with Crippen LogP contribution in [0.4, 0.5) is 5.69 Å². The van der Waals surface area contributed by atoms with Gasteiger partial charge in [-0.2, -0.15) is 0 Å². The molecule has 3 heteroatoms. The SMILES string of the molecule is COc1ccc(N)cc1OC1CCC(C)C(C)C1. The van der Waals surface area contributed by atoms with Crippen LogP contribution in [-0.4, -0.2) is 13.2 Å². The van der Waals surface area contributed by atoms with Crippen LogP contribution < -0.4 is 15.2 Å². The van der Waals surface area contributed by atoms with Crippen molar-refractivity contribution in [2.24, 2.45) is 11.8 Å². The zero-order valence-electron chi connectivity index (χ0n) is 11.5. The first kappa shape index (κ1) is 13.1. The van der Waals surface area contributed by atoms with E-state index in [2.05, 4.69) is 13.8 Å². The van der Waals surface area contributed by atoms with Crippen molar-refractivity contribution < 1.29 is 9.47 Å². The number of ether oxygens (including phenoxy) is 2. The maximum atomic E-state index is 6.07. The Labute approximate surface area is 109 Å². The summed E-state index contributed by atoms with van der Waals surface area (Å²) in [6.07, 6.45) is 3.74. The van der Waals surface area contributed by atoms with Gasteiger partial charge in [-0.3, -0.25) is 0 Å². The first-order chi connectivity index (χ1) is 8.60. The molecule has 0 spiro atoms. The third-order valence-electron chi connectivity index (χ3n) is 4.03. The van der Waals surface area contributed by atoms with Crippen LogP contribution in [0.3, 0.4) is 0 Å². The summed E-state index contributed by atoms with van der Waals surface area (Å²) in [6.45, 7) is 4.62. The van der Waals surface area contributed by atoms with Crippen LogP contribution in [0.5, 0.6) is 11.5 Å². The van der Waals surface area contributed by atoms with E-state index in [0.29, 0.717) is 5.69 Å². The third-order valence-corrected chi connectivity index (χ3v) is 4.03. The van der Waals surface area contributed by atoms with E-state index in [1.54, 1.807) is 7.11 Å². The standard InChI is InChI=1S/C15H23NO2/c1-10-4-6-13(8-11(10)2)18-15-9-12(16)5-7-14(15)17-3/h5,7,9-11,13H,4,6,8,16H2,1-3H3. The molecule has 100 valence electrons. The monoisotopic (exact) mass is 249 g/mol. The van der Waals surface area contributed by atoms with Gasteiger partial charge in [-0.05, 0) is 43.2 Å². The van der Waals surface area contributed by atoms with Gasteiger partial charge < -0.3 is 15.2 Å². The minimum Gasteiger partial charge on any atom is -0.493 e. The molecule has 1 saturated carbocycles. The number of methoxy groups -OCH3 is 1. The van der Waals surface area contributed by atoms with Crippen LogP contribution in [0.15, 0.2) is 18.2 Å². The summed E-state index contributed by atoms with van der Waals surface area (Å²) < 4.78 is 11.4. The van der Waals surface area contributed by atoms with Gasteiger partial charge in [-0.25, -0.2) is 0 Å². The van der Waals surface area contributed by atoms with Gasteiger partial charge in [0.2, 0.25) is 0 Å². The Hall–Kier alpha value is -1.38. The van der Waals surface area contributed by atoms with E-state index in [1.165, 1.54) is 6.42 Å². The lowest BCUT2D eigenvalue weighted by atomic mass is 9.80. The van der Waals surface area contributed by atoms with E-state index < -0.39 is 0 Å². The molecule has 0 bridgehead atoms. The molecule has 1 aromatic rings. The van der Waals surface area contributed by atoms with Gasteiger partial charge in [0.1, 0.15) is 0 Å². The van der Waals surface area contributed by atoms with E-state index in [9.17, 15) is 0 Å². The fraction of sp³-hybridized carbons (Fsp3) is 0.600. The number of hydrogen-bond donors (Lipinski definition) is 1. The van der Waals surface area contributed by atoms with Gasteiger partial charge in [-0.1, -0.05) is 13.8 Å². The molecule has 3 atom stereocenters. The van der Waals surface area contributed by atoms with Crippen molar-refractivity contribution in [1.29, 1.82) is 0 Å². The molecule has 1 aliphatic rings. The number of hydrogen-bond acceptors (Lipinski definition) is 3. The van der Waals surface area contributed by atoms with Crippen LogP contribution in [0.1, 0.15) is 33.1 Å². The van der Waals surface area contributed by atoms with Crippen LogP contribution in [-0.2, 0) is 0 Å². The molecule has 0 saturated heterocycles. The highest BCUT2D eigenvalue weighted by Crippen LogP contribution is 2.35. The average Bonchev–Trinajstić information content (AvgIpc) is 2.34. The summed E-state index contributed by atoms with van der Waals surface area (Å²) in [5.74, 6) is 3.04. The van der Waals surface area contributed by atoms with Crippen molar-refractivity contribution in [1.82, 2.24) is 0 Å². The quantitative estimate of drug-likeness (QED) is 0.834. The fourth-order valence-electron chi connectivity index (χ4n) is 2.57. The fourth-order valence-corrected chi connectivity index (χ4v) is 2.57. The van der Waals surface area contributed by atoms with E-state index in [-0.39, 0.29) is 6.10 Å². The molecule has 1 aliphatic carbocycles. The van der Waals surface area contributed by atoms with Crippen molar-refractivity contribution in [3.63, 3.8) is 0 Å². The molecular formula is C15H23NO2. The maximum absolute atomic E-state index is 6.07. The molecule has 2 rings (SSSR count). The second-order valence-corrected chi connectivity index (χ2v) is 5.42. The molecule has 18 heavy (non-hydrogen) atoms. The highest BCUT2D eigenvalue weighted by molar-refractivity contribution is 5.52. The van der Waals surface area contributed by atoms with Gasteiger partial charge in [-0.15, -0.1) is 0 Å². The van der Waals surface area contributed by atoms with Crippen molar-refractivity contribution in [3.05, 3.63) is 18.2 Å². The molecule has 2 N–H and O–H groups in total. The smallest absolute Gasteiger partial charge is 0.163 e. The van der Waals surface area contributed by atoms with Gasteiger partial charge in [0.05, 0.1) is 13.2 Å².